The van der Waals surface area contributed by atoms with E-state index in [0.717, 1.165) is 29.4 Å². The standard InChI is InChI=1S/C19H24ClN3O2S/c1-14-13-26-19(25)23(14)11-8-18(24)21-12-17(22-9-4-5-10-22)15-6-2-3-7-16(15)20/h2-3,6-7,13,17H,4-5,8-12H2,1H3,(H,21,24). The van der Waals surface area contributed by atoms with Crippen LogP contribution in [0.1, 0.15) is 36.6 Å². The van der Waals surface area contributed by atoms with Gasteiger partial charge < -0.3 is 9.88 Å². The number of hydrogen-bond donors (Lipinski definition) is 1. The fourth-order valence-electron chi connectivity index (χ4n) is 3.42. The SMILES string of the molecule is Cc1csc(=O)n1CCC(=O)NCC(c1ccccc1Cl)N1CCCC1. The summed E-state index contributed by atoms with van der Waals surface area (Å²) in [7, 11) is 0. The van der Waals surface area contributed by atoms with Crippen molar-refractivity contribution in [2.75, 3.05) is 19.6 Å². The number of halogens is 1. The highest BCUT2D eigenvalue weighted by molar-refractivity contribution is 7.07. The lowest BCUT2D eigenvalue weighted by molar-refractivity contribution is -0.121. The number of hydrogen-bond acceptors (Lipinski definition) is 4. The molecule has 140 valence electrons. The third-order valence-electron chi connectivity index (χ3n) is 4.88. The molecule has 0 radical (unpaired) electrons. The van der Waals surface area contributed by atoms with Gasteiger partial charge in [0.25, 0.3) is 0 Å². The van der Waals surface area contributed by atoms with Crippen molar-refractivity contribution in [1.82, 2.24) is 14.8 Å². The molecule has 0 aliphatic carbocycles. The van der Waals surface area contributed by atoms with Crippen LogP contribution in [-0.2, 0) is 11.3 Å². The Hall–Kier alpha value is -1.63. The molecule has 2 aromatic rings. The van der Waals surface area contributed by atoms with Gasteiger partial charge in [-0.2, -0.15) is 0 Å². The Morgan fingerprint density at radius 1 is 1.31 bits per heavy atom. The number of benzene rings is 1. The van der Waals surface area contributed by atoms with Crippen LogP contribution in [0.3, 0.4) is 0 Å². The van der Waals surface area contributed by atoms with Crippen LogP contribution in [0.5, 0.6) is 0 Å². The Labute approximate surface area is 162 Å². The molecule has 7 heteroatoms. The first kappa shape index (κ1) is 19.1. The Kier molecular flexibility index (Phi) is 6.51. The van der Waals surface area contributed by atoms with Gasteiger partial charge in [0.05, 0.1) is 6.04 Å². The van der Waals surface area contributed by atoms with Gasteiger partial charge in [0.2, 0.25) is 5.91 Å². The predicted molar refractivity (Wildman–Crippen MR) is 106 cm³/mol. The number of thiazole rings is 1. The maximum absolute atomic E-state index is 12.3. The van der Waals surface area contributed by atoms with Crippen LogP contribution in [0, 0.1) is 6.92 Å². The Balaban J connectivity index is 1.61. The number of carbonyl (C=O) groups is 1. The lowest BCUT2D eigenvalue weighted by atomic mass is 10.1. The van der Waals surface area contributed by atoms with E-state index < -0.39 is 0 Å². The van der Waals surface area contributed by atoms with Crippen molar-refractivity contribution in [2.45, 2.75) is 38.8 Å². The first-order chi connectivity index (χ1) is 12.6. The van der Waals surface area contributed by atoms with E-state index in [4.69, 9.17) is 11.6 Å². The minimum absolute atomic E-state index is 0.0127. The largest absolute Gasteiger partial charge is 0.354 e. The molecular weight excluding hydrogens is 370 g/mol. The summed E-state index contributed by atoms with van der Waals surface area (Å²) >= 11 is 7.57. The van der Waals surface area contributed by atoms with Crippen molar-refractivity contribution in [1.29, 1.82) is 0 Å². The fraction of sp³-hybridized carbons (Fsp3) is 0.474. The van der Waals surface area contributed by atoms with E-state index in [9.17, 15) is 9.59 Å². The third-order valence-corrected chi connectivity index (χ3v) is 6.10. The highest BCUT2D eigenvalue weighted by Crippen LogP contribution is 2.29. The zero-order chi connectivity index (χ0) is 18.5. The fourth-order valence-corrected chi connectivity index (χ4v) is 4.44. The molecule has 26 heavy (non-hydrogen) atoms. The molecule has 1 fully saturated rings. The van der Waals surface area contributed by atoms with Crippen molar-refractivity contribution >= 4 is 28.8 Å². The van der Waals surface area contributed by atoms with Gasteiger partial charge in [-0.15, -0.1) is 0 Å². The normalized spacial score (nSPS) is 15.9. The molecule has 1 unspecified atom stereocenters. The summed E-state index contributed by atoms with van der Waals surface area (Å²) in [5, 5.41) is 5.59. The molecule has 1 aliphatic heterocycles. The zero-order valence-electron chi connectivity index (χ0n) is 14.9. The number of nitrogens with zero attached hydrogens (tertiary/aromatic N) is 2. The zero-order valence-corrected chi connectivity index (χ0v) is 16.5. The van der Waals surface area contributed by atoms with E-state index in [-0.39, 0.29) is 16.8 Å². The van der Waals surface area contributed by atoms with Crippen LogP contribution >= 0.6 is 22.9 Å². The van der Waals surface area contributed by atoms with Crippen LogP contribution in [-0.4, -0.2) is 35.0 Å². The maximum atomic E-state index is 12.3. The van der Waals surface area contributed by atoms with Crippen molar-refractivity contribution in [3.63, 3.8) is 0 Å². The van der Waals surface area contributed by atoms with E-state index >= 15 is 0 Å². The second-order valence-corrected chi connectivity index (χ2v) is 7.86. The number of nitrogens with one attached hydrogen (secondary N) is 1. The Bertz CT molecular complexity index is 811. The number of aromatic nitrogens is 1. The highest BCUT2D eigenvalue weighted by Gasteiger charge is 2.25. The number of rotatable bonds is 7. The quantitative estimate of drug-likeness (QED) is 0.785. The smallest absolute Gasteiger partial charge is 0.307 e. The third kappa shape index (κ3) is 4.55. The van der Waals surface area contributed by atoms with Crippen molar-refractivity contribution in [3.05, 3.63) is 55.6 Å². The average molecular weight is 394 g/mol. The molecule has 1 atom stereocenters. The lowest BCUT2D eigenvalue weighted by Gasteiger charge is -2.29. The molecular formula is C19H24ClN3O2S. The Morgan fingerprint density at radius 2 is 2.04 bits per heavy atom. The van der Waals surface area contributed by atoms with Crippen LogP contribution in [0.15, 0.2) is 34.4 Å². The average Bonchev–Trinajstić information content (AvgIpc) is 3.26. The first-order valence-corrected chi connectivity index (χ1v) is 10.2. The minimum atomic E-state index is -0.0428. The minimum Gasteiger partial charge on any atom is -0.354 e. The van der Waals surface area contributed by atoms with E-state index in [1.165, 1.54) is 24.2 Å². The van der Waals surface area contributed by atoms with Gasteiger partial charge >= 0.3 is 4.87 Å². The summed E-state index contributed by atoms with van der Waals surface area (Å²) in [4.78, 5) is 26.4. The summed E-state index contributed by atoms with van der Waals surface area (Å²) < 4.78 is 1.65. The molecule has 1 N–H and O–H groups in total. The highest BCUT2D eigenvalue weighted by atomic mass is 35.5. The summed E-state index contributed by atoms with van der Waals surface area (Å²) in [6.07, 6.45) is 2.65. The van der Waals surface area contributed by atoms with Gasteiger partial charge in [-0.05, 0) is 44.5 Å². The number of carbonyl (C=O) groups excluding carboxylic acids is 1. The summed E-state index contributed by atoms with van der Waals surface area (Å²) in [5.74, 6) is -0.0428. The summed E-state index contributed by atoms with van der Waals surface area (Å²) in [6.45, 7) is 4.88. The van der Waals surface area contributed by atoms with Gasteiger partial charge in [-0.1, -0.05) is 41.1 Å². The second-order valence-electron chi connectivity index (χ2n) is 6.63. The second kappa shape index (κ2) is 8.84. The number of aryl methyl sites for hydroxylation is 1. The molecule has 1 aliphatic rings. The maximum Gasteiger partial charge on any atom is 0.307 e. The van der Waals surface area contributed by atoms with Crippen molar-refractivity contribution < 1.29 is 4.79 Å². The van der Waals surface area contributed by atoms with E-state index in [2.05, 4.69) is 10.2 Å². The molecule has 2 heterocycles. The molecule has 1 amide bonds. The molecule has 5 nitrogen and oxygen atoms in total. The van der Waals surface area contributed by atoms with Crippen molar-refractivity contribution in [3.8, 4) is 0 Å². The molecule has 1 aromatic heterocycles. The summed E-state index contributed by atoms with van der Waals surface area (Å²) in [5.41, 5.74) is 1.96. The number of likely N-dealkylation sites (tertiary alicyclic amines) is 1. The predicted octanol–water partition coefficient (Wildman–Crippen LogP) is 3.22. The lowest BCUT2D eigenvalue weighted by Crippen LogP contribution is -2.37. The van der Waals surface area contributed by atoms with E-state index in [1.807, 2.05) is 36.6 Å². The topological polar surface area (TPSA) is 54.3 Å². The van der Waals surface area contributed by atoms with Crippen molar-refractivity contribution in [2.24, 2.45) is 0 Å². The van der Waals surface area contributed by atoms with E-state index in [0.29, 0.717) is 19.5 Å². The molecule has 1 saturated heterocycles. The monoisotopic (exact) mass is 393 g/mol. The van der Waals surface area contributed by atoms with Crippen LogP contribution in [0.25, 0.3) is 0 Å². The molecule has 0 spiro atoms. The van der Waals surface area contributed by atoms with Gasteiger partial charge in [0.15, 0.2) is 0 Å². The Morgan fingerprint density at radius 3 is 2.69 bits per heavy atom. The first-order valence-electron chi connectivity index (χ1n) is 8.96. The van der Waals surface area contributed by atoms with Gasteiger partial charge in [-0.25, -0.2) is 0 Å². The molecule has 3 rings (SSSR count). The van der Waals surface area contributed by atoms with Crippen LogP contribution in [0.2, 0.25) is 5.02 Å². The number of amides is 1. The molecule has 0 bridgehead atoms. The van der Waals surface area contributed by atoms with Crippen LogP contribution < -0.4 is 10.2 Å². The van der Waals surface area contributed by atoms with Gasteiger partial charge in [-0.3, -0.25) is 14.5 Å². The van der Waals surface area contributed by atoms with E-state index in [1.54, 1.807) is 4.57 Å². The molecule has 0 saturated carbocycles. The summed E-state index contributed by atoms with van der Waals surface area (Å²) in [6, 6.07) is 7.92. The molecule has 1 aromatic carbocycles. The van der Waals surface area contributed by atoms with Gasteiger partial charge in [0, 0.05) is 35.6 Å². The van der Waals surface area contributed by atoms with Gasteiger partial charge in [0.1, 0.15) is 0 Å². The van der Waals surface area contributed by atoms with Crippen LogP contribution in [0.4, 0.5) is 0 Å².